The average molecular weight is 390 g/mol. The summed E-state index contributed by atoms with van der Waals surface area (Å²) in [4.78, 5) is 32.1. The molecule has 0 aliphatic carbocycles. The van der Waals surface area contributed by atoms with E-state index < -0.39 is 0 Å². The molecule has 1 saturated heterocycles. The Morgan fingerprint density at radius 2 is 2.10 bits per heavy atom. The second-order valence-electron chi connectivity index (χ2n) is 6.80. The Kier molecular flexibility index (Phi) is 5.60. The van der Waals surface area contributed by atoms with E-state index in [0.29, 0.717) is 24.7 Å². The van der Waals surface area contributed by atoms with E-state index in [1.54, 1.807) is 38.0 Å². The number of hydrogen-bond acceptors (Lipinski definition) is 7. The third kappa shape index (κ3) is 4.48. The fourth-order valence-electron chi connectivity index (χ4n) is 3.51. The highest BCUT2D eigenvalue weighted by atomic mass is 16.5. The molecule has 3 heterocycles. The van der Waals surface area contributed by atoms with Gasteiger partial charge in [-0.25, -0.2) is 15.0 Å². The van der Waals surface area contributed by atoms with Crippen LogP contribution in [0.1, 0.15) is 30.1 Å². The lowest BCUT2D eigenvalue weighted by Crippen LogP contribution is -2.32. The molecule has 0 radical (unpaired) electrons. The summed E-state index contributed by atoms with van der Waals surface area (Å²) in [7, 11) is 1.62. The Morgan fingerprint density at radius 1 is 1.24 bits per heavy atom. The van der Waals surface area contributed by atoms with Crippen LogP contribution in [-0.2, 0) is 11.2 Å². The van der Waals surface area contributed by atoms with Crippen LogP contribution in [-0.4, -0.2) is 44.4 Å². The first-order chi connectivity index (χ1) is 14.2. The van der Waals surface area contributed by atoms with Gasteiger partial charge in [-0.05, 0) is 36.6 Å². The van der Waals surface area contributed by atoms with Crippen molar-refractivity contribution in [1.82, 2.24) is 24.8 Å². The van der Waals surface area contributed by atoms with E-state index >= 15 is 0 Å². The van der Waals surface area contributed by atoms with Gasteiger partial charge in [0.2, 0.25) is 11.9 Å². The predicted molar refractivity (Wildman–Crippen MR) is 108 cm³/mol. The predicted octanol–water partition coefficient (Wildman–Crippen LogP) is 2.93. The quantitative estimate of drug-likeness (QED) is 0.692. The number of nitrogens with one attached hydrogen (secondary N) is 1. The number of aromatic nitrogens is 4. The molecular weight excluding hydrogens is 368 g/mol. The van der Waals surface area contributed by atoms with Gasteiger partial charge in [-0.1, -0.05) is 12.1 Å². The summed E-state index contributed by atoms with van der Waals surface area (Å²) in [5.41, 5.74) is 1.70. The molecule has 0 unspecified atom stereocenters. The molecule has 1 aliphatic heterocycles. The second-order valence-corrected chi connectivity index (χ2v) is 6.80. The summed E-state index contributed by atoms with van der Waals surface area (Å²) < 4.78 is 5.25. The molecule has 1 aromatic carbocycles. The molecule has 2 aromatic heterocycles. The number of ether oxygens (including phenoxy) is 1. The molecule has 29 heavy (non-hydrogen) atoms. The third-order valence-electron chi connectivity index (χ3n) is 4.86. The molecule has 1 atom stereocenters. The fraction of sp³-hybridized carbons (Fsp3) is 0.286. The first-order valence-corrected chi connectivity index (χ1v) is 9.51. The topological polar surface area (TPSA) is 93.1 Å². The Bertz CT molecular complexity index is 982. The standard InChI is InChI=1S/C21H22N6O2/c1-29-16-6-2-5-15(11-16)12-20(28)27-10-3-7-18(27)17-13-22-14-19(25-17)26-21-23-8-4-9-24-21/h2,4-6,8-9,11,13-14,18H,3,7,10,12H2,1H3,(H,23,24,25,26)/t18-/m1/s1. The molecule has 8 nitrogen and oxygen atoms in total. The lowest BCUT2D eigenvalue weighted by Gasteiger charge is -2.24. The van der Waals surface area contributed by atoms with Gasteiger partial charge in [-0.2, -0.15) is 0 Å². The maximum Gasteiger partial charge on any atom is 0.228 e. The van der Waals surface area contributed by atoms with Gasteiger partial charge in [0.15, 0.2) is 5.82 Å². The van der Waals surface area contributed by atoms with E-state index in [0.717, 1.165) is 29.8 Å². The summed E-state index contributed by atoms with van der Waals surface area (Å²) in [5.74, 6) is 1.84. The summed E-state index contributed by atoms with van der Waals surface area (Å²) in [6, 6.07) is 9.27. The zero-order valence-electron chi connectivity index (χ0n) is 16.2. The van der Waals surface area contributed by atoms with E-state index in [1.807, 2.05) is 29.2 Å². The number of hydrogen-bond donors (Lipinski definition) is 1. The van der Waals surface area contributed by atoms with Crippen molar-refractivity contribution in [1.29, 1.82) is 0 Å². The number of likely N-dealkylation sites (tertiary alicyclic amines) is 1. The molecular formula is C21H22N6O2. The molecule has 0 bridgehead atoms. The molecule has 3 aromatic rings. The zero-order valence-corrected chi connectivity index (χ0v) is 16.2. The van der Waals surface area contributed by atoms with Crippen molar-refractivity contribution in [3.8, 4) is 5.75 Å². The van der Waals surface area contributed by atoms with Crippen LogP contribution in [0.15, 0.2) is 55.1 Å². The highest BCUT2D eigenvalue weighted by Gasteiger charge is 2.31. The summed E-state index contributed by atoms with van der Waals surface area (Å²) in [6.07, 6.45) is 8.79. The van der Waals surface area contributed by atoms with Crippen molar-refractivity contribution < 1.29 is 9.53 Å². The van der Waals surface area contributed by atoms with E-state index in [9.17, 15) is 4.79 Å². The number of methoxy groups -OCH3 is 1. The lowest BCUT2D eigenvalue weighted by atomic mass is 10.1. The van der Waals surface area contributed by atoms with E-state index in [1.165, 1.54) is 0 Å². The van der Waals surface area contributed by atoms with Gasteiger partial charge in [0.25, 0.3) is 0 Å². The molecule has 0 saturated carbocycles. The zero-order chi connectivity index (χ0) is 20.1. The van der Waals surface area contributed by atoms with E-state index in [4.69, 9.17) is 4.74 Å². The molecule has 1 aliphatic rings. The van der Waals surface area contributed by atoms with E-state index in [2.05, 4.69) is 25.3 Å². The number of amides is 1. The smallest absolute Gasteiger partial charge is 0.228 e. The van der Waals surface area contributed by atoms with Crippen LogP contribution in [0.3, 0.4) is 0 Å². The Morgan fingerprint density at radius 3 is 2.93 bits per heavy atom. The SMILES string of the molecule is COc1cccc(CC(=O)N2CCC[C@@H]2c2cncc(Nc3ncccn3)n2)c1. The van der Waals surface area contributed by atoms with Crippen LogP contribution in [0.5, 0.6) is 5.75 Å². The largest absolute Gasteiger partial charge is 0.497 e. The van der Waals surface area contributed by atoms with Crippen molar-refractivity contribution in [2.24, 2.45) is 0 Å². The van der Waals surface area contributed by atoms with Gasteiger partial charge < -0.3 is 15.0 Å². The maximum absolute atomic E-state index is 13.0. The van der Waals surface area contributed by atoms with Gasteiger partial charge >= 0.3 is 0 Å². The summed E-state index contributed by atoms with van der Waals surface area (Å²) in [6.45, 7) is 0.717. The number of benzene rings is 1. The molecule has 4 rings (SSSR count). The average Bonchev–Trinajstić information content (AvgIpc) is 3.25. The van der Waals surface area contributed by atoms with E-state index in [-0.39, 0.29) is 11.9 Å². The maximum atomic E-state index is 13.0. The molecule has 1 amide bonds. The number of nitrogens with zero attached hydrogens (tertiary/aromatic N) is 5. The van der Waals surface area contributed by atoms with Crippen LogP contribution < -0.4 is 10.1 Å². The van der Waals surface area contributed by atoms with Crippen molar-refractivity contribution >= 4 is 17.7 Å². The minimum absolute atomic E-state index is 0.0762. The molecule has 1 fully saturated rings. The van der Waals surface area contributed by atoms with Gasteiger partial charge in [0.05, 0.1) is 37.7 Å². The van der Waals surface area contributed by atoms with Gasteiger partial charge in [-0.3, -0.25) is 9.78 Å². The summed E-state index contributed by atoms with van der Waals surface area (Å²) in [5, 5.41) is 3.05. The molecule has 1 N–H and O–H groups in total. The number of anilines is 2. The first-order valence-electron chi connectivity index (χ1n) is 9.51. The van der Waals surface area contributed by atoms with Gasteiger partial charge in [-0.15, -0.1) is 0 Å². The third-order valence-corrected chi connectivity index (χ3v) is 4.86. The summed E-state index contributed by atoms with van der Waals surface area (Å²) >= 11 is 0. The van der Waals surface area contributed by atoms with Crippen molar-refractivity contribution in [2.75, 3.05) is 19.0 Å². The number of carbonyl (C=O) groups excluding carboxylic acids is 1. The van der Waals surface area contributed by atoms with Crippen molar-refractivity contribution in [3.05, 3.63) is 66.4 Å². The Hall–Kier alpha value is -3.55. The monoisotopic (exact) mass is 390 g/mol. The molecule has 8 heteroatoms. The molecule has 0 spiro atoms. The second kappa shape index (κ2) is 8.64. The normalized spacial score (nSPS) is 15.9. The van der Waals surface area contributed by atoms with Crippen LogP contribution in [0.4, 0.5) is 11.8 Å². The van der Waals surface area contributed by atoms with Gasteiger partial charge in [0, 0.05) is 18.9 Å². The lowest BCUT2D eigenvalue weighted by molar-refractivity contribution is -0.131. The van der Waals surface area contributed by atoms with Crippen LogP contribution in [0.25, 0.3) is 0 Å². The highest BCUT2D eigenvalue weighted by molar-refractivity contribution is 5.79. The van der Waals surface area contributed by atoms with Crippen LogP contribution >= 0.6 is 0 Å². The van der Waals surface area contributed by atoms with Crippen molar-refractivity contribution in [2.45, 2.75) is 25.3 Å². The minimum Gasteiger partial charge on any atom is -0.497 e. The highest BCUT2D eigenvalue weighted by Crippen LogP contribution is 2.31. The first kappa shape index (κ1) is 18.8. The van der Waals surface area contributed by atoms with Crippen LogP contribution in [0, 0.1) is 0 Å². The molecule has 148 valence electrons. The van der Waals surface area contributed by atoms with Crippen molar-refractivity contribution in [3.63, 3.8) is 0 Å². The fourth-order valence-corrected chi connectivity index (χ4v) is 3.51. The number of rotatable bonds is 6. The van der Waals surface area contributed by atoms with Crippen LogP contribution in [0.2, 0.25) is 0 Å². The Labute approximate surface area is 169 Å². The minimum atomic E-state index is -0.0842. The number of carbonyl (C=O) groups is 1. The van der Waals surface area contributed by atoms with Gasteiger partial charge in [0.1, 0.15) is 5.75 Å². The Balaban J connectivity index is 1.49.